The highest BCUT2D eigenvalue weighted by Gasteiger charge is 2.24. The Morgan fingerprint density at radius 2 is 2.08 bits per heavy atom. The van der Waals surface area contributed by atoms with Gasteiger partial charge in [-0.3, -0.25) is 0 Å². The number of aryl methyl sites for hydroxylation is 1. The van der Waals surface area contributed by atoms with Crippen LogP contribution in [-0.2, 0) is 27.8 Å². The molecule has 0 N–H and O–H groups in total. The molecule has 1 heterocycles. The first-order chi connectivity index (χ1) is 11.8. The maximum absolute atomic E-state index is 12.5. The number of benzene rings is 1. The van der Waals surface area contributed by atoms with Crippen molar-refractivity contribution in [3.8, 4) is 0 Å². The number of nitrogens with zero attached hydrogens (tertiary/aromatic N) is 3. The van der Waals surface area contributed by atoms with Crippen LogP contribution in [0.1, 0.15) is 42.8 Å². The van der Waals surface area contributed by atoms with Crippen LogP contribution >= 0.6 is 0 Å². The number of hydrogen-bond donors (Lipinski definition) is 0. The molecule has 2 rings (SSSR count). The van der Waals surface area contributed by atoms with Gasteiger partial charge < -0.3 is 9.26 Å². The third-order valence-electron chi connectivity index (χ3n) is 3.63. The molecule has 0 saturated heterocycles. The van der Waals surface area contributed by atoms with Gasteiger partial charge in [0.1, 0.15) is 0 Å². The molecule has 0 unspecified atom stereocenters. The molecule has 9 heteroatoms. The molecule has 1 aromatic heterocycles. The van der Waals surface area contributed by atoms with Gasteiger partial charge in [0.05, 0.1) is 10.5 Å². The van der Waals surface area contributed by atoms with Crippen LogP contribution in [0.3, 0.4) is 0 Å². The van der Waals surface area contributed by atoms with E-state index in [9.17, 15) is 13.2 Å². The summed E-state index contributed by atoms with van der Waals surface area (Å²) in [7, 11) is -2.18. The van der Waals surface area contributed by atoms with E-state index in [4.69, 9.17) is 9.26 Å². The van der Waals surface area contributed by atoms with E-state index in [1.54, 1.807) is 13.8 Å². The maximum atomic E-state index is 12.5. The van der Waals surface area contributed by atoms with Gasteiger partial charge >= 0.3 is 5.97 Å². The molecule has 25 heavy (non-hydrogen) atoms. The minimum atomic E-state index is -3.68. The summed E-state index contributed by atoms with van der Waals surface area (Å²) in [6, 6.07) is 5.52. The Labute approximate surface area is 146 Å². The van der Waals surface area contributed by atoms with Gasteiger partial charge in [0, 0.05) is 19.5 Å². The molecule has 0 saturated carbocycles. The molecule has 0 aliphatic rings. The summed E-state index contributed by atoms with van der Waals surface area (Å²) in [4.78, 5) is 16.2. The van der Waals surface area contributed by atoms with E-state index in [2.05, 4.69) is 10.1 Å². The topological polar surface area (TPSA) is 103 Å². The normalized spacial score (nSPS) is 11.9. The number of hydrogen-bond acceptors (Lipinski definition) is 7. The number of aromatic nitrogens is 2. The summed E-state index contributed by atoms with van der Waals surface area (Å²) in [5.41, 5.74) is 0.133. The molecule has 0 bridgehead atoms. The van der Waals surface area contributed by atoms with Gasteiger partial charge in [-0.2, -0.15) is 9.29 Å². The number of carbonyl (C=O) groups excluding carboxylic acids is 1. The average Bonchev–Trinajstić information content (AvgIpc) is 3.07. The van der Waals surface area contributed by atoms with Crippen molar-refractivity contribution < 1.29 is 22.5 Å². The first kappa shape index (κ1) is 19.1. The average molecular weight is 367 g/mol. The largest absolute Gasteiger partial charge is 0.452 e. The predicted molar refractivity (Wildman–Crippen MR) is 89.3 cm³/mol. The number of sulfonamides is 1. The van der Waals surface area contributed by atoms with E-state index in [0.717, 1.165) is 0 Å². The number of esters is 1. The molecule has 0 aliphatic heterocycles. The fourth-order valence-electron chi connectivity index (χ4n) is 1.93. The van der Waals surface area contributed by atoms with Crippen LogP contribution in [-0.4, -0.2) is 41.9 Å². The Bertz CT molecular complexity index is 845. The van der Waals surface area contributed by atoms with Crippen molar-refractivity contribution in [3.63, 3.8) is 0 Å². The molecule has 0 fully saturated rings. The first-order valence-electron chi connectivity index (χ1n) is 7.82. The summed E-state index contributed by atoms with van der Waals surface area (Å²) < 4.78 is 36.3. The van der Waals surface area contributed by atoms with Gasteiger partial charge in [0.25, 0.3) is 5.89 Å². The predicted octanol–water partition coefficient (Wildman–Crippen LogP) is 2.02. The van der Waals surface area contributed by atoms with Crippen LogP contribution in [0.2, 0.25) is 0 Å². The van der Waals surface area contributed by atoms with Crippen LogP contribution in [0.5, 0.6) is 0 Å². The molecule has 0 aliphatic carbocycles. The minimum absolute atomic E-state index is 0.0317. The molecular weight excluding hydrogens is 346 g/mol. The van der Waals surface area contributed by atoms with Crippen LogP contribution < -0.4 is 0 Å². The zero-order valence-electron chi connectivity index (χ0n) is 14.6. The fourth-order valence-corrected chi connectivity index (χ4v) is 3.34. The SMILES string of the molecule is CCc1noc(COC(=O)c2cccc(S(=O)(=O)N(C)C(C)C)c2)n1. The van der Waals surface area contributed by atoms with E-state index in [0.29, 0.717) is 12.2 Å². The standard InChI is InChI=1S/C16H21N3O5S/c1-5-14-17-15(24-18-14)10-23-16(20)12-7-6-8-13(9-12)25(21,22)19(4)11(2)3/h6-9,11H,5,10H2,1-4H3. The van der Waals surface area contributed by atoms with E-state index in [1.807, 2.05) is 6.92 Å². The van der Waals surface area contributed by atoms with Crippen molar-refractivity contribution in [1.29, 1.82) is 0 Å². The zero-order chi connectivity index (χ0) is 18.6. The van der Waals surface area contributed by atoms with Crippen molar-refractivity contribution in [2.24, 2.45) is 0 Å². The summed E-state index contributed by atoms with van der Waals surface area (Å²) in [6.45, 7) is 5.24. The monoisotopic (exact) mass is 367 g/mol. The Hall–Kier alpha value is -2.26. The maximum Gasteiger partial charge on any atom is 0.338 e. The van der Waals surface area contributed by atoms with Gasteiger partial charge in [-0.1, -0.05) is 18.1 Å². The fraction of sp³-hybridized carbons (Fsp3) is 0.438. The van der Waals surface area contributed by atoms with Gasteiger partial charge in [-0.25, -0.2) is 13.2 Å². The van der Waals surface area contributed by atoms with Crippen LogP contribution in [0.15, 0.2) is 33.7 Å². The number of ether oxygens (including phenoxy) is 1. The third kappa shape index (κ3) is 4.43. The van der Waals surface area contributed by atoms with E-state index < -0.39 is 16.0 Å². The Morgan fingerprint density at radius 3 is 2.68 bits per heavy atom. The molecular formula is C16H21N3O5S. The highest BCUT2D eigenvalue weighted by Crippen LogP contribution is 2.18. The molecule has 0 radical (unpaired) electrons. The molecule has 0 atom stereocenters. The van der Waals surface area contributed by atoms with Crippen LogP contribution in [0.25, 0.3) is 0 Å². The second kappa shape index (κ2) is 7.75. The lowest BCUT2D eigenvalue weighted by molar-refractivity contribution is 0.0429. The molecule has 1 aromatic carbocycles. The van der Waals surface area contributed by atoms with Crippen molar-refractivity contribution >= 4 is 16.0 Å². The quantitative estimate of drug-likeness (QED) is 0.690. The lowest BCUT2D eigenvalue weighted by Crippen LogP contribution is -2.33. The molecule has 136 valence electrons. The van der Waals surface area contributed by atoms with Crippen molar-refractivity contribution in [1.82, 2.24) is 14.4 Å². The van der Waals surface area contributed by atoms with Gasteiger partial charge in [-0.15, -0.1) is 0 Å². The highest BCUT2D eigenvalue weighted by atomic mass is 32.2. The zero-order valence-corrected chi connectivity index (χ0v) is 15.4. The summed E-state index contributed by atoms with van der Waals surface area (Å²) >= 11 is 0. The van der Waals surface area contributed by atoms with Crippen molar-refractivity contribution in [3.05, 3.63) is 41.5 Å². The second-order valence-corrected chi connectivity index (χ2v) is 7.67. The number of carbonyl (C=O) groups is 1. The Balaban J connectivity index is 2.13. The minimum Gasteiger partial charge on any atom is -0.452 e. The highest BCUT2D eigenvalue weighted by molar-refractivity contribution is 7.89. The van der Waals surface area contributed by atoms with Crippen molar-refractivity contribution in [2.45, 2.75) is 44.7 Å². The Morgan fingerprint density at radius 1 is 1.36 bits per heavy atom. The van der Waals surface area contributed by atoms with Crippen molar-refractivity contribution in [2.75, 3.05) is 7.05 Å². The summed E-state index contributed by atoms with van der Waals surface area (Å²) in [5.74, 6) is 0.0462. The van der Waals surface area contributed by atoms with Gasteiger partial charge in [-0.05, 0) is 32.0 Å². The lowest BCUT2D eigenvalue weighted by atomic mass is 10.2. The second-order valence-electron chi connectivity index (χ2n) is 5.68. The molecule has 8 nitrogen and oxygen atoms in total. The van der Waals surface area contributed by atoms with Gasteiger partial charge in [0.15, 0.2) is 12.4 Å². The molecule has 2 aromatic rings. The summed E-state index contributed by atoms with van der Waals surface area (Å²) in [6.07, 6.45) is 0.612. The van der Waals surface area contributed by atoms with Gasteiger partial charge in [0.2, 0.25) is 10.0 Å². The number of rotatable bonds is 7. The van der Waals surface area contributed by atoms with Crippen LogP contribution in [0.4, 0.5) is 0 Å². The first-order valence-corrected chi connectivity index (χ1v) is 9.26. The Kier molecular flexibility index (Phi) is 5.91. The molecule has 0 spiro atoms. The van der Waals surface area contributed by atoms with Crippen LogP contribution in [0, 0.1) is 0 Å². The van der Waals surface area contributed by atoms with E-state index >= 15 is 0 Å². The molecule has 0 amide bonds. The lowest BCUT2D eigenvalue weighted by Gasteiger charge is -2.21. The smallest absolute Gasteiger partial charge is 0.338 e. The van der Waals surface area contributed by atoms with E-state index in [-0.39, 0.29) is 29.0 Å². The summed E-state index contributed by atoms with van der Waals surface area (Å²) in [5, 5.41) is 3.71. The third-order valence-corrected chi connectivity index (χ3v) is 5.66. The van der Waals surface area contributed by atoms with E-state index in [1.165, 1.54) is 35.6 Å².